The molecule has 14 heavy (non-hydrogen) atoms. The van der Waals surface area contributed by atoms with E-state index in [-0.39, 0.29) is 0 Å². The number of rotatable bonds is 8. The second kappa shape index (κ2) is 5.82. The highest BCUT2D eigenvalue weighted by molar-refractivity contribution is 6.67. The smallest absolute Gasteiger partial charge is 0.364 e. The largest absolute Gasteiger partial charge is 0.396 e. The summed E-state index contributed by atoms with van der Waals surface area (Å²) in [5.41, 5.74) is 0. The van der Waals surface area contributed by atoms with Gasteiger partial charge in [-0.25, -0.2) is 0 Å². The molecule has 1 fully saturated rings. The minimum absolute atomic E-state index is 0.317. The molecule has 0 aliphatic carbocycles. The molecule has 0 aromatic rings. The maximum Gasteiger partial charge on any atom is 0.364 e. The van der Waals surface area contributed by atoms with Gasteiger partial charge in [0.15, 0.2) is 0 Å². The van der Waals surface area contributed by atoms with Crippen molar-refractivity contribution in [2.45, 2.75) is 25.5 Å². The van der Waals surface area contributed by atoms with Crippen molar-refractivity contribution < 1.29 is 18.3 Å². The molecule has 0 saturated carbocycles. The summed E-state index contributed by atoms with van der Waals surface area (Å²) in [7, 11) is 1.36. The molecular formula is C9H20O4Si. The fourth-order valence-electron chi connectivity index (χ4n) is 1.37. The van der Waals surface area contributed by atoms with Crippen LogP contribution in [0.5, 0.6) is 0 Å². The van der Waals surface area contributed by atoms with E-state index in [1.807, 2.05) is 0 Å². The van der Waals surface area contributed by atoms with Gasteiger partial charge in [-0.3, -0.25) is 0 Å². The predicted molar refractivity (Wildman–Crippen MR) is 55.4 cm³/mol. The molecular weight excluding hydrogens is 200 g/mol. The number of epoxide rings is 1. The van der Waals surface area contributed by atoms with E-state index in [0.717, 1.165) is 19.1 Å². The van der Waals surface area contributed by atoms with E-state index in [2.05, 4.69) is 6.92 Å². The maximum absolute atomic E-state index is 5.54. The van der Waals surface area contributed by atoms with Gasteiger partial charge in [0.2, 0.25) is 0 Å². The fourth-order valence-corrected chi connectivity index (χ4v) is 3.51. The molecule has 0 spiro atoms. The van der Waals surface area contributed by atoms with Gasteiger partial charge >= 0.3 is 8.56 Å². The Morgan fingerprint density at radius 2 is 2.00 bits per heavy atom. The fraction of sp³-hybridized carbons (Fsp3) is 1.00. The third kappa shape index (κ3) is 3.66. The predicted octanol–water partition coefficient (Wildman–Crippen LogP) is 1.09. The maximum atomic E-state index is 5.54. The van der Waals surface area contributed by atoms with Crippen LogP contribution in [-0.4, -0.2) is 48.3 Å². The van der Waals surface area contributed by atoms with Gasteiger partial charge < -0.3 is 18.3 Å². The van der Waals surface area contributed by atoms with Crippen LogP contribution in [0, 0.1) is 0 Å². The Balaban J connectivity index is 2.23. The topological polar surface area (TPSA) is 40.2 Å². The van der Waals surface area contributed by atoms with Crippen LogP contribution in [0.3, 0.4) is 0 Å². The second-order valence-electron chi connectivity index (χ2n) is 3.54. The van der Waals surface area contributed by atoms with Crippen LogP contribution in [-0.2, 0) is 18.3 Å². The molecule has 1 heterocycles. The standard InChI is InChI=1S/C9H20O4Si/c1-4-5-14(10-2,11-3)8-12-6-9-7-13-9/h9H,4-8H2,1-3H3. The van der Waals surface area contributed by atoms with Gasteiger partial charge in [-0.15, -0.1) is 0 Å². The summed E-state index contributed by atoms with van der Waals surface area (Å²) in [4.78, 5) is 0. The van der Waals surface area contributed by atoms with E-state index < -0.39 is 8.56 Å². The summed E-state index contributed by atoms with van der Waals surface area (Å²) in [6.45, 7) is 3.64. The van der Waals surface area contributed by atoms with Crippen molar-refractivity contribution in [3.05, 3.63) is 0 Å². The van der Waals surface area contributed by atoms with Crippen molar-refractivity contribution in [1.82, 2.24) is 0 Å². The third-order valence-corrected chi connectivity index (χ3v) is 5.80. The van der Waals surface area contributed by atoms with E-state index >= 15 is 0 Å². The van der Waals surface area contributed by atoms with Crippen LogP contribution in [0.1, 0.15) is 13.3 Å². The third-order valence-electron chi connectivity index (χ3n) is 2.40. The minimum atomic E-state index is -2.06. The zero-order chi connectivity index (χ0) is 10.4. The summed E-state index contributed by atoms with van der Waals surface area (Å²) in [6.07, 6.45) is 1.99. The molecule has 84 valence electrons. The quantitative estimate of drug-likeness (QED) is 0.453. The first-order valence-electron chi connectivity index (χ1n) is 5.06. The molecule has 0 amide bonds. The molecule has 5 heteroatoms. The summed E-state index contributed by atoms with van der Waals surface area (Å²) in [5.74, 6) is 0. The lowest BCUT2D eigenvalue weighted by Gasteiger charge is -2.26. The van der Waals surface area contributed by atoms with Gasteiger partial charge in [0, 0.05) is 14.2 Å². The van der Waals surface area contributed by atoms with Crippen molar-refractivity contribution in [1.29, 1.82) is 0 Å². The zero-order valence-electron chi connectivity index (χ0n) is 9.25. The normalized spacial score (nSPS) is 21.2. The first-order valence-corrected chi connectivity index (χ1v) is 7.29. The van der Waals surface area contributed by atoms with E-state index in [9.17, 15) is 0 Å². The highest BCUT2D eigenvalue weighted by atomic mass is 28.4. The molecule has 1 aliphatic rings. The van der Waals surface area contributed by atoms with Gasteiger partial charge in [-0.2, -0.15) is 0 Å². The van der Waals surface area contributed by atoms with Crippen LogP contribution in [0.2, 0.25) is 6.04 Å². The van der Waals surface area contributed by atoms with Crippen molar-refractivity contribution in [2.75, 3.05) is 33.7 Å². The van der Waals surface area contributed by atoms with Gasteiger partial charge in [0.05, 0.1) is 19.4 Å². The molecule has 0 aromatic carbocycles. The van der Waals surface area contributed by atoms with E-state index in [1.54, 1.807) is 14.2 Å². The molecule has 1 aliphatic heterocycles. The summed E-state index contributed by atoms with van der Waals surface area (Å²) in [6, 6.07) is 0.978. The van der Waals surface area contributed by atoms with Gasteiger partial charge in [0.25, 0.3) is 0 Å². The zero-order valence-corrected chi connectivity index (χ0v) is 10.2. The summed E-state index contributed by atoms with van der Waals surface area (Å²) >= 11 is 0. The van der Waals surface area contributed by atoms with Crippen LogP contribution < -0.4 is 0 Å². The molecule has 1 saturated heterocycles. The first kappa shape index (κ1) is 12.1. The molecule has 1 rings (SSSR count). The average Bonchev–Trinajstić information content (AvgIpc) is 3.00. The highest BCUT2D eigenvalue weighted by Crippen LogP contribution is 2.16. The van der Waals surface area contributed by atoms with Crippen molar-refractivity contribution in [3.63, 3.8) is 0 Å². The second-order valence-corrected chi connectivity index (χ2v) is 6.97. The molecule has 0 bridgehead atoms. The molecule has 0 radical (unpaired) electrons. The van der Waals surface area contributed by atoms with Crippen LogP contribution in [0.25, 0.3) is 0 Å². The molecule has 0 aromatic heterocycles. The summed E-state index contributed by atoms with van der Waals surface area (Å²) in [5, 5.41) is 0. The molecule has 1 atom stereocenters. The SMILES string of the molecule is CCC[Si](COCC1CO1)(OC)OC. The summed E-state index contributed by atoms with van der Waals surface area (Å²) < 4.78 is 21.6. The highest BCUT2D eigenvalue weighted by Gasteiger charge is 2.36. The Labute approximate surface area is 86.7 Å². The van der Waals surface area contributed by atoms with Crippen LogP contribution in [0.15, 0.2) is 0 Å². The Morgan fingerprint density at radius 1 is 1.36 bits per heavy atom. The van der Waals surface area contributed by atoms with E-state index in [4.69, 9.17) is 18.3 Å². The Kier molecular flexibility index (Phi) is 5.04. The monoisotopic (exact) mass is 220 g/mol. The number of hydrogen-bond acceptors (Lipinski definition) is 4. The lowest BCUT2D eigenvalue weighted by Crippen LogP contribution is -2.45. The average molecular weight is 220 g/mol. The van der Waals surface area contributed by atoms with Crippen molar-refractivity contribution in [3.8, 4) is 0 Å². The lowest BCUT2D eigenvalue weighted by molar-refractivity contribution is 0.111. The van der Waals surface area contributed by atoms with Crippen molar-refractivity contribution in [2.24, 2.45) is 0 Å². The van der Waals surface area contributed by atoms with Gasteiger partial charge in [-0.1, -0.05) is 13.3 Å². The Morgan fingerprint density at radius 3 is 2.43 bits per heavy atom. The lowest BCUT2D eigenvalue weighted by atomic mass is 10.5. The number of ether oxygens (including phenoxy) is 2. The molecule has 0 N–H and O–H groups in total. The van der Waals surface area contributed by atoms with E-state index in [0.29, 0.717) is 18.9 Å². The van der Waals surface area contributed by atoms with Gasteiger partial charge in [0.1, 0.15) is 6.10 Å². The first-order chi connectivity index (χ1) is 6.76. The van der Waals surface area contributed by atoms with Gasteiger partial charge in [-0.05, 0) is 6.04 Å². The minimum Gasteiger partial charge on any atom is -0.396 e. The molecule has 4 nitrogen and oxygen atoms in total. The number of hydrogen-bond donors (Lipinski definition) is 0. The van der Waals surface area contributed by atoms with E-state index in [1.165, 1.54) is 0 Å². The Hall–Kier alpha value is 0.0569. The Bertz CT molecular complexity index is 157. The molecule has 1 unspecified atom stereocenters. The van der Waals surface area contributed by atoms with Crippen LogP contribution >= 0.6 is 0 Å². The van der Waals surface area contributed by atoms with Crippen molar-refractivity contribution >= 4 is 8.56 Å². The van der Waals surface area contributed by atoms with Crippen LogP contribution in [0.4, 0.5) is 0 Å².